The second-order valence-electron chi connectivity index (χ2n) is 4.59. The molecular weight excluding hydrogens is 346 g/mol. The van der Waals surface area contributed by atoms with Crippen LogP contribution < -0.4 is 10.1 Å². The molecule has 2 nitrogen and oxygen atoms in total. The lowest BCUT2D eigenvalue weighted by molar-refractivity contribution is 0.339. The summed E-state index contributed by atoms with van der Waals surface area (Å²) < 4.78 is 6.73. The number of benzene rings is 2. The Morgan fingerprint density at radius 2 is 2.00 bits per heavy atom. The zero-order chi connectivity index (χ0) is 15.1. The molecule has 2 rings (SSSR count). The molecule has 1 atom stereocenters. The Hall–Kier alpha value is -0.970. The van der Waals surface area contributed by atoms with Crippen LogP contribution in [-0.4, -0.2) is 19.4 Å². The average molecular weight is 366 g/mol. The quantitative estimate of drug-likeness (QED) is 0.705. The van der Waals surface area contributed by atoms with Gasteiger partial charge in [0.15, 0.2) is 0 Å². The minimum Gasteiger partial charge on any atom is -0.494 e. The van der Waals surface area contributed by atoms with Crippen molar-refractivity contribution in [1.82, 2.24) is 5.32 Å². The van der Waals surface area contributed by atoms with Gasteiger partial charge >= 0.3 is 0 Å². The minimum absolute atomic E-state index is 0.294. The molecule has 4 heteroatoms. The van der Waals surface area contributed by atoms with Crippen molar-refractivity contribution in [1.29, 1.82) is 0 Å². The van der Waals surface area contributed by atoms with E-state index in [1.54, 1.807) is 0 Å². The number of hydrogen-bond donors (Lipinski definition) is 1. The van der Waals surface area contributed by atoms with Crippen LogP contribution in [0.5, 0.6) is 5.75 Å². The first kappa shape index (κ1) is 16.4. The molecule has 0 amide bonds. The van der Waals surface area contributed by atoms with E-state index in [1.165, 1.54) is 10.5 Å². The fourth-order valence-electron chi connectivity index (χ4n) is 2.07. The van der Waals surface area contributed by atoms with E-state index in [1.807, 2.05) is 43.9 Å². The third-order valence-electron chi connectivity index (χ3n) is 3.16. The van der Waals surface area contributed by atoms with E-state index < -0.39 is 0 Å². The number of thioether (sulfide) groups is 1. The summed E-state index contributed by atoms with van der Waals surface area (Å²) in [5, 5.41) is 3.39. The molecule has 1 N–H and O–H groups in total. The predicted octanol–water partition coefficient (Wildman–Crippen LogP) is 4.90. The number of ether oxygens (including phenoxy) is 1. The summed E-state index contributed by atoms with van der Waals surface area (Å²) in [5.74, 6) is 1.90. The molecule has 21 heavy (non-hydrogen) atoms. The molecule has 0 aliphatic heterocycles. The van der Waals surface area contributed by atoms with Crippen LogP contribution in [0.4, 0.5) is 0 Å². The van der Waals surface area contributed by atoms with Crippen LogP contribution in [0, 0.1) is 0 Å². The van der Waals surface area contributed by atoms with E-state index in [9.17, 15) is 0 Å². The van der Waals surface area contributed by atoms with Crippen molar-refractivity contribution in [3.63, 3.8) is 0 Å². The lowest BCUT2D eigenvalue weighted by Gasteiger charge is -2.17. The lowest BCUT2D eigenvalue weighted by atomic mass is 10.1. The van der Waals surface area contributed by atoms with Gasteiger partial charge in [-0.15, -0.1) is 11.8 Å². The van der Waals surface area contributed by atoms with Gasteiger partial charge in [-0.25, -0.2) is 0 Å². The monoisotopic (exact) mass is 365 g/mol. The molecule has 2 aromatic rings. The molecule has 0 heterocycles. The second kappa shape index (κ2) is 8.47. The number of rotatable bonds is 7. The Balaban J connectivity index is 2.06. The Morgan fingerprint density at radius 1 is 1.19 bits per heavy atom. The molecule has 1 unspecified atom stereocenters. The summed E-state index contributed by atoms with van der Waals surface area (Å²) in [5.41, 5.74) is 1.25. The predicted molar refractivity (Wildman–Crippen MR) is 94.3 cm³/mol. The first-order chi connectivity index (χ1) is 10.2. The highest BCUT2D eigenvalue weighted by molar-refractivity contribution is 9.10. The minimum atomic E-state index is 0.294. The second-order valence-corrected chi connectivity index (χ2v) is 6.50. The van der Waals surface area contributed by atoms with Crippen LogP contribution in [0.2, 0.25) is 0 Å². The van der Waals surface area contributed by atoms with Crippen LogP contribution >= 0.6 is 27.7 Å². The van der Waals surface area contributed by atoms with Crippen molar-refractivity contribution in [2.24, 2.45) is 0 Å². The van der Waals surface area contributed by atoms with Crippen molar-refractivity contribution < 1.29 is 4.74 Å². The first-order valence-corrected chi connectivity index (χ1v) is 8.79. The maximum atomic E-state index is 5.58. The van der Waals surface area contributed by atoms with E-state index in [0.717, 1.165) is 16.0 Å². The molecule has 0 radical (unpaired) electrons. The van der Waals surface area contributed by atoms with Crippen LogP contribution in [0.3, 0.4) is 0 Å². The summed E-state index contributed by atoms with van der Waals surface area (Å²) in [6.45, 7) is 2.70. The van der Waals surface area contributed by atoms with Crippen LogP contribution in [0.1, 0.15) is 18.5 Å². The number of hydrogen-bond acceptors (Lipinski definition) is 3. The van der Waals surface area contributed by atoms with Gasteiger partial charge in [0.05, 0.1) is 6.61 Å². The van der Waals surface area contributed by atoms with Gasteiger partial charge in [-0.3, -0.25) is 0 Å². The Bertz CT molecular complexity index is 576. The number of nitrogens with one attached hydrogen (secondary N) is 1. The van der Waals surface area contributed by atoms with Gasteiger partial charge in [-0.1, -0.05) is 24.3 Å². The average Bonchev–Trinajstić information content (AvgIpc) is 2.50. The summed E-state index contributed by atoms with van der Waals surface area (Å²) in [6.07, 6.45) is 0. The van der Waals surface area contributed by atoms with E-state index in [0.29, 0.717) is 12.6 Å². The lowest BCUT2D eigenvalue weighted by Crippen LogP contribution is -2.18. The van der Waals surface area contributed by atoms with E-state index in [-0.39, 0.29) is 0 Å². The highest BCUT2D eigenvalue weighted by Crippen LogP contribution is 2.31. The molecule has 0 saturated carbocycles. The molecule has 0 aliphatic carbocycles. The Labute approximate surface area is 139 Å². The fourth-order valence-corrected chi connectivity index (χ4v) is 3.78. The van der Waals surface area contributed by atoms with Gasteiger partial charge in [-0.05, 0) is 59.7 Å². The van der Waals surface area contributed by atoms with Crippen LogP contribution in [0.25, 0.3) is 0 Å². The molecule has 0 aromatic heterocycles. The van der Waals surface area contributed by atoms with Gasteiger partial charge in [0, 0.05) is 21.2 Å². The zero-order valence-corrected chi connectivity index (χ0v) is 14.7. The van der Waals surface area contributed by atoms with Crippen molar-refractivity contribution in [3.8, 4) is 5.75 Å². The Morgan fingerprint density at radius 3 is 2.71 bits per heavy atom. The highest BCUT2D eigenvalue weighted by atomic mass is 79.9. The smallest absolute Gasteiger partial charge is 0.119 e. The summed E-state index contributed by atoms with van der Waals surface area (Å²) >= 11 is 5.44. The van der Waals surface area contributed by atoms with Crippen molar-refractivity contribution in [2.45, 2.75) is 17.9 Å². The highest BCUT2D eigenvalue weighted by Gasteiger charge is 2.11. The standard InChI is InChI=1S/C17H20BrNOS/c1-3-20-14-8-6-7-13(11-14)16(19-2)12-21-17-10-5-4-9-15(17)18/h4-11,16,19H,3,12H2,1-2H3. The normalized spacial score (nSPS) is 12.1. The molecular formula is C17H20BrNOS. The van der Waals surface area contributed by atoms with E-state index in [4.69, 9.17) is 4.74 Å². The molecule has 0 spiro atoms. The fraction of sp³-hybridized carbons (Fsp3) is 0.294. The largest absolute Gasteiger partial charge is 0.494 e. The van der Waals surface area contributed by atoms with Crippen LogP contribution in [-0.2, 0) is 0 Å². The third-order valence-corrected chi connectivity index (χ3v) is 5.28. The van der Waals surface area contributed by atoms with Crippen molar-refractivity contribution >= 4 is 27.7 Å². The Kier molecular flexibility index (Phi) is 6.61. The zero-order valence-electron chi connectivity index (χ0n) is 12.3. The number of halogens is 1. The molecule has 0 bridgehead atoms. The molecule has 2 aromatic carbocycles. The molecule has 0 fully saturated rings. The SMILES string of the molecule is CCOc1cccc(C(CSc2ccccc2Br)NC)c1. The van der Waals surface area contributed by atoms with Crippen molar-refractivity contribution in [3.05, 3.63) is 58.6 Å². The molecule has 0 aliphatic rings. The first-order valence-electron chi connectivity index (χ1n) is 7.02. The topological polar surface area (TPSA) is 21.3 Å². The van der Waals surface area contributed by atoms with Gasteiger partial charge in [0.1, 0.15) is 5.75 Å². The van der Waals surface area contributed by atoms with Gasteiger partial charge < -0.3 is 10.1 Å². The third kappa shape index (κ3) is 4.77. The van der Waals surface area contributed by atoms with Crippen molar-refractivity contribution in [2.75, 3.05) is 19.4 Å². The van der Waals surface area contributed by atoms with E-state index in [2.05, 4.69) is 51.6 Å². The van der Waals surface area contributed by atoms with Gasteiger partial charge in [0.25, 0.3) is 0 Å². The van der Waals surface area contributed by atoms with Gasteiger partial charge in [-0.2, -0.15) is 0 Å². The summed E-state index contributed by atoms with van der Waals surface area (Å²) in [4.78, 5) is 1.26. The summed E-state index contributed by atoms with van der Waals surface area (Å²) in [6, 6.07) is 16.9. The maximum absolute atomic E-state index is 5.58. The summed E-state index contributed by atoms with van der Waals surface area (Å²) in [7, 11) is 2.00. The van der Waals surface area contributed by atoms with Gasteiger partial charge in [0.2, 0.25) is 0 Å². The van der Waals surface area contributed by atoms with Crippen LogP contribution in [0.15, 0.2) is 57.9 Å². The van der Waals surface area contributed by atoms with E-state index >= 15 is 0 Å². The molecule has 0 saturated heterocycles. The molecule has 112 valence electrons. The maximum Gasteiger partial charge on any atom is 0.119 e.